The number of hydrogen-bond donors (Lipinski definition) is 0. The van der Waals surface area contributed by atoms with Crippen molar-refractivity contribution in [2.75, 3.05) is 19.6 Å². The highest BCUT2D eigenvalue weighted by Crippen LogP contribution is 2.38. The fraction of sp³-hybridized carbons (Fsp3) is 0.800. The van der Waals surface area contributed by atoms with E-state index in [9.17, 15) is 14.9 Å². The number of amides is 1. The molecule has 1 aliphatic carbocycles. The highest BCUT2D eigenvalue weighted by Gasteiger charge is 2.42. The Kier molecular flexibility index (Phi) is 3.95. The summed E-state index contributed by atoms with van der Waals surface area (Å²) >= 11 is 0. The van der Waals surface area contributed by atoms with Crippen LogP contribution in [-0.4, -0.2) is 67.1 Å². The first-order valence-electron chi connectivity index (χ1n) is 8.69. The minimum atomic E-state index is -0.652. The Hall–Kier alpha value is -2.03. The lowest BCUT2D eigenvalue weighted by atomic mass is 9.83. The zero-order valence-corrected chi connectivity index (χ0v) is 13.6. The standard InChI is InChI=1S/C15H22N6O3/c22-14(9-19-10-16-15(17-19)21(23)24)18-7-5-13-11(8-18)2-1-6-20(13)12-3-4-12/h10-13H,1-9H2. The summed E-state index contributed by atoms with van der Waals surface area (Å²) in [5.74, 6) is 0.0628. The maximum absolute atomic E-state index is 12.5. The van der Waals surface area contributed by atoms with E-state index in [2.05, 4.69) is 15.0 Å². The van der Waals surface area contributed by atoms with E-state index in [1.165, 1.54) is 43.2 Å². The summed E-state index contributed by atoms with van der Waals surface area (Å²) in [5.41, 5.74) is 0. The van der Waals surface area contributed by atoms with Crippen LogP contribution in [0.25, 0.3) is 0 Å². The fourth-order valence-electron chi connectivity index (χ4n) is 4.21. The van der Waals surface area contributed by atoms with Crippen molar-refractivity contribution in [2.45, 2.75) is 50.7 Å². The summed E-state index contributed by atoms with van der Waals surface area (Å²) in [6, 6.07) is 1.42. The predicted octanol–water partition coefficient (Wildman–Crippen LogP) is 0.662. The summed E-state index contributed by atoms with van der Waals surface area (Å²) in [4.78, 5) is 30.6. The van der Waals surface area contributed by atoms with Gasteiger partial charge in [-0.25, -0.2) is 0 Å². The highest BCUT2D eigenvalue weighted by atomic mass is 16.6. The van der Waals surface area contributed by atoms with Crippen LogP contribution in [0.3, 0.4) is 0 Å². The Balaban J connectivity index is 1.36. The Morgan fingerprint density at radius 2 is 2.12 bits per heavy atom. The van der Waals surface area contributed by atoms with Crippen molar-refractivity contribution in [1.29, 1.82) is 0 Å². The average molecular weight is 334 g/mol. The second-order valence-corrected chi connectivity index (χ2v) is 7.07. The first-order valence-corrected chi connectivity index (χ1v) is 8.69. The molecule has 3 fully saturated rings. The van der Waals surface area contributed by atoms with Gasteiger partial charge in [-0.1, -0.05) is 4.98 Å². The van der Waals surface area contributed by atoms with Crippen LogP contribution in [0.5, 0.6) is 0 Å². The van der Waals surface area contributed by atoms with E-state index in [0.29, 0.717) is 12.0 Å². The molecule has 0 bridgehead atoms. The van der Waals surface area contributed by atoms with E-state index in [1.54, 1.807) is 0 Å². The van der Waals surface area contributed by atoms with E-state index in [1.807, 2.05) is 4.90 Å². The molecule has 4 rings (SSSR count). The molecule has 9 nitrogen and oxygen atoms in total. The zero-order chi connectivity index (χ0) is 16.7. The third-order valence-corrected chi connectivity index (χ3v) is 5.46. The van der Waals surface area contributed by atoms with E-state index >= 15 is 0 Å². The van der Waals surface area contributed by atoms with Crippen molar-refractivity contribution >= 4 is 11.9 Å². The smallest absolute Gasteiger partial charge is 0.390 e. The van der Waals surface area contributed by atoms with Gasteiger partial charge >= 0.3 is 5.95 Å². The number of nitrogens with zero attached hydrogens (tertiary/aromatic N) is 6. The number of carbonyl (C=O) groups is 1. The molecule has 24 heavy (non-hydrogen) atoms. The summed E-state index contributed by atoms with van der Waals surface area (Å²) in [6.07, 6.45) is 7.35. The Morgan fingerprint density at radius 1 is 1.29 bits per heavy atom. The quantitative estimate of drug-likeness (QED) is 0.593. The third kappa shape index (κ3) is 3.00. The molecule has 1 aromatic heterocycles. The van der Waals surface area contributed by atoms with Crippen LogP contribution in [0.15, 0.2) is 6.33 Å². The number of fused-ring (bicyclic) bond motifs is 1. The summed E-state index contributed by atoms with van der Waals surface area (Å²) in [6.45, 7) is 2.79. The van der Waals surface area contributed by atoms with Gasteiger partial charge in [0.25, 0.3) is 0 Å². The molecule has 3 heterocycles. The van der Waals surface area contributed by atoms with Crippen molar-refractivity contribution in [3.63, 3.8) is 0 Å². The molecule has 130 valence electrons. The van der Waals surface area contributed by atoms with Crippen LogP contribution < -0.4 is 0 Å². The van der Waals surface area contributed by atoms with Crippen LogP contribution in [0.4, 0.5) is 5.95 Å². The number of nitro groups is 1. The SMILES string of the molecule is O=C(Cn1cnc([N+](=O)[O-])n1)N1CCC2C(CCCN2C2CC2)C1. The molecule has 1 saturated carbocycles. The number of piperidine rings is 2. The molecule has 2 aliphatic heterocycles. The van der Waals surface area contributed by atoms with Gasteiger partial charge in [0, 0.05) is 30.3 Å². The van der Waals surface area contributed by atoms with Crippen molar-refractivity contribution < 1.29 is 9.72 Å². The third-order valence-electron chi connectivity index (χ3n) is 5.46. The fourth-order valence-corrected chi connectivity index (χ4v) is 4.21. The Labute approximate surface area is 139 Å². The van der Waals surface area contributed by atoms with Crippen molar-refractivity contribution in [2.24, 2.45) is 5.92 Å². The van der Waals surface area contributed by atoms with Gasteiger partial charge in [-0.3, -0.25) is 9.69 Å². The Morgan fingerprint density at radius 3 is 2.83 bits per heavy atom. The minimum Gasteiger partial charge on any atom is -0.390 e. The second-order valence-electron chi connectivity index (χ2n) is 7.07. The van der Waals surface area contributed by atoms with Gasteiger partial charge in [0.15, 0.2) is 0 Å². The molecule has 9 heteroatoms. The van der Waals surface area contributed by atoms with Crippen molar-refractivity contribution in [3.8, 4) is 0 Å². The average Bonchev–Trinajstić information content (AvgIpc) is 3.32. The lowest BCUT2D eigenvalue weighted by Gasteiger charge is -2.47. The van der Waals surface area contributed by atoms with E-state index in [4.69, 9.17) is 0 Å². The molecular weight excluding hydrogens is 312 g/mol. The number of hydrogen-bond acceptors (Lipinski definition) is 6. The second kappa shape index (κ2) is 6.12. The zero-order valence-electron chi connectivity index (χ0n) is 13.6. The normalized spacial score (nSPS) is 27.8. The first-order chi connectivity index (χ1) is 11.6. The summed E-state index contributed by atoms with van der Waals surface area (Å²) in [5, 5.41) is 14.3. The maximum Gasteiger partial charge on any atom is 0.490 e. The van der Waals surface area contributed by atoms with E-state index in [0.717, 1.165) is 25.6 Å². The van der Waals surface area contributed by atoms with Crippen LogP contribution >= 0.6 is 0 Å². The molecule has 2 saturated heterocycles. The lowest BCUT2D eigenvalue weighted by molar-refractivity contribution is -0.394. The van der Waals surface area contributed by atoms with Gasteiger partial charge in [-0.15, -0.1) is 0 Å². The molecule has 3 aliphatic rings. The van der Waals surface area contributed by atoms with E-state index in [-0.39, 0.29) is 12.5 Å². The van der Waals surface area contributed by atoms with Gasteiger partial charge < -0.3 is 15.0 Å². The molecule has 0 radical (unpaired) electrons. The molecule has 0 aromatic carbocycles. The number of rotatable bonds is 4. The largest absolute Gasteiger partial charge is 0.490 e. The van der Waals surface area contributed by atoms with Crippen LogP contribution in [-0.2, 0) is 11.3 Å². The van der Waals surface area contributed by atoms with Gasteiger partial charge in [0.2, 0.25) is 12.2 Å². The number of aromatic nitrogens is 3. The van der Waals surface area contributed by atoms with Gasteiger partial charge in [-0.05, 0) is 49.5 Å². The van der Waals surface area contributed by atoms with E-state index < -0.39 is 10.9 Å². The van der Waals surface area contributed by atoms with Gasteiger partial charge in [0.1, 0.15) is 6.54 Å². The lowest BCUT2D eigenvalue weighted by Crippen LogP contribution is -2.56. The summed E-state index contributed by atoms with van der Waals surface area (Å²) in [7, 11) is 0. The molecule has 0 N–H and O–H groups in total. The van der Waals surface area contributed by atoms with Gasteiger partial charge in [0.05, 0.1) is 0 Å². The number of likely N-dealkylation sites (tertiary alicyclic amines) is 2. The molecule has 1 amide bonds. The van der Waals surface area contributed by atoms with Crippen molar-refractivity contribution in [3.05, 3.63) is 16.4 Å². The highest BCUT2D eigenvalue weighted by molar-refractivity contribution is 5.76. The monoisotopic (exact) mass is 334 g/mol. The maximum atomic E-state index is 12.5. The van der Waals surface area contributed by atoms with Crippen LogP contribution in [0.2, 0.25) is 0 Å². The topological polar surface area (TPSA) is 97.4 Å². The van der Waals surface area contributed by atoms with Gasteiger partial charge in [-0.2, -0.15) is 4.68 Å². The molecule has 0 spiro atoms. The van der Waals surface area contributed by atoms with Crippen LogP contribution in [0, 0.1) is 16.0 Å². The molecular formula is C15H22N6O3. The van der Waals surface area contributed by atoms with Crippen LogP contribution in [0.1, 0.15) is 32.1 Å². The predicted molar refractivity (Wildman–Crippen MR) is 84.1 cm³/mol. The van der Waals surface area contributed by atoms with Crippen molar-refractivity contribution in [1.82, 2.24) is 24.6 Å². The first kappa shape index (κ1) is 15.5. The molecule has 2 atom stereocenters. The number of carbonyl (C=O) groups excluding carboxylic acids is 1. The Bertz CT molecular complexity index is 643. The minimum absolute atomic E-state index is 0.0184. The molecule has 1 aromatic rings. The summed E-state index contributed by atoms with van der Waals surface area (Å²) < 4.78 is 1.25. The molecule has 2 unspecified atom stereocenters.